The van der Waals surface area contributed by atoms with Gasteiger partial charge in [0.15, 0.2) is 12.6 Å². The number of sulfonamides is 2. The fourth-order valence-electron chi connectivity index (χ4n) is 12.3. The molecule has 2 aromatic rings. The topological polar surface area (TPSA) is 452 Å². The first-order chi connectivity index (χ1) is 44.4. The first kappa shape index (κ1) is 77.6. The highest BCUT2D eigenvalue weighted by Gasteiger charge is 2.55. The summed E-state index contributed by atoms with van der Waals surface area (Å²) in [6, 6.07) is 9.21. The number of hydrogen-bond acceptors (Lipinski definition) is 27. The van der Waals surface area contributed by atoms with Gasteiger partial charge in [-0.3, -0.25) is 0 Å². The first-order valence-electron chi connectivity index (χ1n) is 31.7. The monoisotopic (exact) mass is 1390 g/mol. The summed E-state index contributed by atoms with van der Waals surface area (Å²) < 4.78 is 118. The van der Waals surface area contributed by atoms with E-state index in [0.717, 1.165) is 0 Å². The van der Waals surface area contributed by atoms with Crippen molar-refractivity contribution in [3.05, 3.63) is 84.3 Å². The number of amides is 2. The molecule has 0 aromatic heterocycles. The molecule has 0 radical (unpaired) electrons. The number of ether oxygens (including phenoxy) is 10. The maximum absolute atomic E-state index is 13.5. The number of hydrogen-bond donors (Lipinski definition) is 15. The van der Waals surface area contributed by atoms with Crippen molar-refractivity contribution in [1.82, 2.24) is 36.0 Å². The first-order valence-corrected chi connectivity index (χ1v) is 34.7. The third-order valence-corrected chi connectivity index (χ3v) is 19.8. The molecule has 17 N–H and O–H groups in total. The van der Waals surface area contributed by atoms with E-state index in [-0.39, 0.29) is 48.8 Å². The van der Waals surface area contributed by atoms with Crippen LogP contribution in [0, 0.1) is 5.92 Å². The minimum Gasteiger partial charge on any atom is -0.466 e. The number of nitrogens with two attached hydrogens (primary N) is 2. The van der Waals surface area contributed by atoms with Gasteiger partial charge in [0.25, 0.3) is 0 Å². The van der Waals surface area contributed by atoms with Crippen LogP contribution in [0.1, 0.15) is 88.0 Å². The molecule has 4 heterocycles. The lowest BCUT2D eigenvalue weighted by atomic mass is 9.80. The highest BCUT2D eigenvalue weighted by Crippen LogP contribution is 2.37. The van der Waals surface area contributed by atoms with E-state index < -0.39 is 177 Å². The number of carbonyl (C=O) groups is 2. The van der Waals surface area contributed by atoms with Gasteiger partial charge in [-0.25, -0.2) is 35.9 Å². The number of benzene rings is 2. The fraction of sp³-hybridized carbons (Fsp3) is 0.710. The number of carbonyl (C=O) groups excluding carboxylic acids is 2. The Labute approximate surface area is 556 Å². The SMILES string of the molecule is CNCC1=CC[C@@H](NC(=O)OC(C)(C)C)[C@@H](O[C@H]2[C@H](O)[C@@H](O[C@H]3OC[C@](C)(O)[C@H](NC)[C@H]3O)[C@H](NS(=O)(=O)c3ccccc3)C[C@@H]2C)O1.CN[C@@H]1[C@@H](O)[C@@H](O[C@@H]2[C@@H](O)[C@H](O[C@H]3OC(CN)=CC[C@H]3NC(=O)OC(C)(C)C)[C@@H](N)C[C@H]2NS(=O)(=O)c2ccccc2)OC[C@]1(C)O. The van der Waals surface area contributed by atoms with Crippen LogP contribution in [0.15, 0.2) is 94.1 Å². The molecular formula is C62H101N9O22S2. The summed E-state index contributed by atoms with van der Waals surface area (Å²) in [6.07, 6.45) is -12.8. The van der Waals surface area contributed by atoms with Gasteiger partial charge in [-0.1, -0.05) is 43.3 Å². The van der Waals surface area contributed by atoms with Gasteiger partial charge in [0, 0.05) is 6.04 Å². The number of likely N-dealkylation sites (N-methyl/N-ethyl adjacent to an activating group) is 3. The molecule has 2 amide bonds. The summed E-state index contributed by atoms with van der Waals surface area (Å²) in [7, 11) is -3.30. The number of aliphatic hydroxyl groups excluding tert-OH is 4. The second-order valence-electron chi connectivity index (χ2n) is 27.2. The smallest absolute Gasteiger partial charge is 0.408 e. The molecule has 22 atom stereocenters. The van der Waals surface area contributed by atoms with Crippen LogP contribution in [0.25, 0.3) is 0 Å². The van der Waals surface area contributed by atoms with E-state index in [0.29, 0.717) is 24.5 Å². The minimum atomic E-state index is -4.12. The van der Waals surface area contributed by atoms with Gasteiger partial charge in [0.05, 0.1) is 78.4 Å². The predicted octanol–water partition coefficient (Wildman–Crippen LogP) is -0.962. The average molecular weight is 1390 g/mol. The van der Waals surface area contributed by atoms with Gasteiger partial charge in [-0.05, 0) is 145 Å². The van der Waals surface area contributed by atoms with Gasteiger partial charge in [0.1, 0.15) is 76.7 Å². The summed E-state index contributed by atoms with van der Waals surface area (Å²) >= 11 is 0. The van der Waals surface area contributed by atoms with E-state index in [1.165, 1.54) is 38.1 Å². The van der Waals surface area contributed by atoms with Crippen molar-refractivity contribution in [1.29, 1.82) is 0 Å². The Morgan fingerprint density at radius 1 is 0.579 bits per heavy atom. The normalized spacial score (nSPS) is 36.3. The Kier molecular flexibility index (Phi) is 26.5. The molecule has 2 aliphatic carbocycles. The highest BCUT2D eigenvalue weighted by molar-refractivity contribution is 7.89. The molecule has 0 bridgehead atoms. The van der Waals surface area contributed by atoms with Crippen molar-refractivity contribution in [2.75, 3.05) is 47.4 Å². The van der Waals surface area contributed by atoms with Crippen molar-refractivity contribution in [2.24, 2.45) is 17.4 Å². The molecule has 8 rings (SSSR count). The zero-order chi connectivity index (χ0) is 70.2. The molecule has 4 aliphatic heterocycles. The van der Waals surface area contributed by atoms with E-state index in [9.17, 15) is 57.1 Å². The van der Waals surface area contributed by atoms with Gasteiger partial charge in [0.2, 0.25) is 32.6 Å². The molecule has 95 heavy (non-hydrogen) atoms. The minimum absolute atomic E-state index is 0.0202. The van der Waals surface area contributed by atoms with Crippen LogP contribution >= 0.6 is 0 Å². The Morgan fingerprint density at radius 2 is 0.968 bits per heavy atom. The van der Waals surface area contributed by atoms with Crippen LogP contribution in [0.2, 0.25) is 0 Å². The lowest BCUT2D eigenvalue weighted by molar-refractivity contribution is -0.306. The molecule has 0 spiro atoms. The number of nitrogens with one attached hydrogen (secondary N) is 7. The van der Waals surface area contributed by atoms with Crippen LogP contribution in [0.5, 0.6) is 0 Å². The molecular weight excluding hydrogens is 1290 g/mol. The largest absolute Gasteiger partial charge is 0.466 e. The summed E-state index contributed by atoms with van der Waals surface area (Å²) in [5, 5.41) is 81.7. The lowest BCUT2D eigenvalue weighted by Gasteiger charge is -2.49. The van der Waals surface area contributed by atoms with Gasteiger partial charge in [-0.15, -0.1) is 0 Å². The Balaban J connectivity index is 0.000000269. The predicted molar refractivity (Wildman–Crippen MR) is 342 cm³/mol. The zero-order valence-electron chi connectivity index (χ0n) is 55.8. The Morgan fingerprint density at radius 3 is 1.38 bits per heavy atom. The van der Waals surface area contributed by atoms with Crippen molar-refractivity contribution in [3.63, 3.8) is 0 Å². The number of aliphatic hydroxyl groups is 6. The van der Waals surface area contributed by atoms with Crippen LogP contribution in [0.4, 0.5) is 9.59 Å². The van der Waals surface area contributed by atoms with Crippen LogP contribution in [-0.4, -0.2) is 246 Å². The van der Waals surface area contributed by atoms with Crippen molar-refractivity contribution < 1.29 is 104 Å². The lowest BCUT2D eigenvalue weighted by Crippen LogP contribution is -2.69. The zero-order valence-corrected chi connectivity index (χ0v) is 57.5. The van der Waals surface area contributed by atoms with E-state index in [4.69, 9.17) is 58.8 Å². The molecule has 33 heteroatoms. The van der Waals surface area contributed by atoms with Gasteiger partial charge < -0.3 is 116 Å². The maximum Gasteiger partial charge on any atom is 0.408 e. The van der Waals surface area contributed by atoms with Crippen molar-refractivity contribution in [3.8, 4) is 0 Å². The quantitative estimate of drug-likeness (QED) is 0.0715. The third kappa shape index (κ3) is 20.4. The van der Waals surface area contributed by atoms with Gasteiger partial charge in [-0.2, -0.15) is 0 Å². The molecule has 2 aromatic carbocycles. The van der Waals surface area contributed by atoms with E-state index >= 15 is 0 Å². The van der Waals surface area contributed by atoms with E-state index in [1.807, 2.05) is 6.08 Å². The van der Waals surface area contributed by atoms with E-state index in [2.05, 4.69) is 36.0 Å². The summed E-state index contributed by atoms with van der Waals surface area (Å²) in [5.74, 6) is 0.518. The Bertz CT molecular complexity index is 3110. The number of rotatable bonds is 21. The molecule has 538 valence electrons. The van der Waals surface area contributed by atoms with Crippen molar-refractivity contribution >= 4 is 32.2 Å². The summed E-state index contributed by atoms with van der Waals surface area (Å²) in [6.45, 7) is 15.2. The third-order valence-electron chi connectivity index (χ3n) is 16.8. The molecule has 31 nitrogen and oxygen atoms in total. The second kappa shape index (κ2) is 32.5. The molecule has 2 saturated heterocycles. The number of alkyl carbamates (subject to hydrolysis) is 2. The molecule has 6 aliphatic rings. The molecule has 4 fully saturated rings. The van der Waals surface area contributed by atoms with Crippen LogP contribution in [0.3, 0.4) is 0 Å². The Hall–Kier alpha value is -4.80. The maximum atomic E-state index is 13.5. The van der Waals surface area contributed by atoms with E-state index in [1.54, 1.807) is 112 Å². The summed E-state index contributed by atoms with van der Waals surface area (Å²) in [5.41, 5.74) is 7.94. The van der Waals surface area contributed by atoms with Crippen molar-refractivity contribution in [2.45, 2.75) is 236 Å². The molecule has 2 saturated carbocycles. The fourth-order valence-corrected chi connectivity index (χ4v) is 14.8. The average Bonchev–Trinajstić information content (AvgIpc) is 0.812. The van der Waals surface area contributed by atoms with Gasteiger partial charge >= 0.3 is 12.2 Å². The second-order valence-corrected chi connectivity index (χ2v) is 30.6. The standard InChI is InChI=1S/C32H52N4O11S.C30H49N5O11S/c1-18-15-22(36-48(41,42)20-11-9-8-10-12-20)26(46-29-24(38)27(34-7)32(5,40)17-43-29)23(37)25(18)45-28-21(14-13-19(44-28)16-33-6)35-30(39)47-31(2,3)4;1-29(2,3)46-28(38)34-19-12-11-16(14-31)43-26(19)44-23-18(32)13-20(35-47(40,41)17-9-7-6-8-10-17)24(21(23)36)45-27-22(37)25(33-5)30(4,39)15-42-27/h8-13,18,21-29,33-34,36-38,40H,14-17H2,1-7H3,(H,35,39);6-11,18-27,33,35-37,39H,12-15,31-32H2,1-5H3,(H,34,38)/t18-,21+,22+,23-,24+,25+,26-,27+,28+,29+,32-;18-,19+,20+,21-,22+,23+,24-,25+,26+,27+,30-/m00/s1. The molecule has 0 unspecified atom stereocenters. The summed E-state index contributed by atoms with van der Waals surface area (Å²) in [4.78, 5) is 25.4. The van der Waals surface area contributed by atoms with Crippen LogP contribution in [-0.2, 0) is 67.4 Å². The van der Waals surface area contributed by atoms with Crippen LogP contribution < -0.4 is 47.5 Å². The highest BCUT2D eigenvalue weighted by atomic mass is 32.2.